The van der Waals surface area contributed by atoms with Gasteiger partial charge in [0, 0.05) is 18.8 Å². The van der Waals surface area contributed by atoms with Crippen LogP contribution in [0.4, 0.5) is 0 Å². The fourth-order valence-electron chi connectivity index (χ4n) is 3.95. The Morgan fingerprint density at radius 3 is 2.95 bits per heavy atom. The van der Waals surface area contributed by atoms with E-state index in [0.717, 1.165) is 12.8 Å². The Kier molecular flexibility index (Phi) is 3.78. The van der Waals surface area contributed by atoms with Gasteiger partial charge in [-0.15, -0.1) is 0 Å². The first-order valence-corrected chi connectivity index (χ1v) is 8.04. The maximum absolute atomic E-state index is 12.1. The summed E-state index contributed by atoms with van der Waals surface area (Å²) in [6.45, 7) is 4.58. The predicted octanol–water partition coefficient (Wildman–Crippen LogP) is 2.13. The SMILES string of the molecule is CC(C)n1ccc(C(=O)NCCC2(O)CC3CCC2C3)n1. The van der Waals surface area contributed by atoms with Gasteiger partial charge in [-0.1, -0.05) is 0 Å². The first-order chi connectivity index (χ1) is 9.98. The second kappa shape index (κ2) is 5.44. The quantitative estimate of drug-likeness (QED) is 0.873. The largest absolute Gasteiger partial charge is 0.390 e. The van der Waals surface area contributed by atoms with E-state index in [1.807, 2.05) is 20.0 Å². The second-order valence-corrected chi connectivity index (χ2v) is 6.96. The molecule has 3 unspecified atom stereocenters. The van der Waals surface area contributed by atoms with Gasteiger partial charge in [0.1, 0.15) is 5.69 Å². The highest BCUT2D eigenvalue weighted by molar-refractivity contribution is 5.92. The molecule has 0 aromatic carbocycles. The van der Waals surface area contributed by atoms with Gasteiger partial charge in [0.05, 0.1) is 5.60 Å². The highest BCUT2D eigenvalue weighted by atomic mass is 16.3. The first kappa shape index (κ1) is 14.6. The molecular weight excluding hydrogens is 266 g/mol. The monoisotopic (exact) mass is 291 g/mol. The summed E-state index contributed by atoms with van der Waals surface area (Å²) in [5.74, 6) is 0.998. The van der Waals surface area contributed by atoms with Gasteiger partial charge in [0.15, 0.2) is 0 Å². The summed E-state index contributed by atoms with van der Waals surface area (Å²) in [4.78, 5) is 12.1. The van der Waals surface area contributed by atoms with Gasteiger partial charge < -0.3 is 10.4 Å². The molecule has 2 saturated carbocycles. The average molecular weight is 291 g/mol. The van der Waals surface area contributed by atoms with E-state index >= 15 is 0 Å². The van der Waals surface area contributed by atoms with E-state index in [-0.39, 0.29) is 11.9 Å². The fraction of sp³-hybridized carbons (Fsp3) is 0.750. The molecule has 5 heteroatoms. The molecule has 2 aliphatic rings. The smallest absolute Gasteiger partial charge is 0.271 e. The number of carbonyl (C=O) groups is 1. The standard InChI is InChI=1S/C16H25N3O2/c1-11(2)19-8-5-14(18-19)15(20)17-7-6-16(21)10-12-3-4-13(16)9-12/h5,8,11-13,21H,3-4,6-7,9-10H2,1-2H3,(H,17,20). The first-order valence-electron chi connectivity index (χ1n) is 8.04. The van der Waals surface area contributed by atoms with Crippen LogP contribution in [0.15, 0.2) is 12.3 Å². The average Bonchev–Trinajstić information content (AvgIpc) is 3.13. The minimum atomic E-state index is -0.548. The van der Waals surface area contributed by atoms with Crippen molar-refractivity contribution in [1.82, 2.24) is 15.1 Å². The maximum atomic E-state index is 12.1. The number of carbonyl (C=O) groups excluding carboxylic acids is 1. The van der Waals surface area contributed by atoms with Gasteiger partial charge in [0.2, 0.25) is 0 Å². The lowest BCUT2D eigenvalue weighted by molar-refractivity contribution is -0.0196. The number of amides is 1. The number of nitrogens with one attached hydrogen (secondary N) is 1. The van der Waals surface area contributed by atoms with Crippen molar-refractivity contribution in [2.75, 3.05) is 6.54 Å². The van der Waals surface area contributed by atoms with Crippen molar-refractivity contribution in [3.8, 4) is 0 Å². The van der Waals surface area contributed by atoms with Crippen molar-refractivity contribution in [1.29, 1.82) is 0 Å². The van der Waals surface area contributed by atoms with E-state index in [2.05, 4.69) is 10.4 Å². The molecule has 3 rings (SSSR count). The van der Waals surface area contributed by atoms with E-state index in [0.29, 0.717) is 30.5 Å². The van der Waals surface area contributed by atoms with Crippen molar-refractivity contribution in [3.05, 3.63) is 18.0 Å². The molecule has 1 amide bonds. The molecule has 1 heterocycles. The Bertz CT molecular complexity index is 525. The van der Waals surface area contributed by atoms with Crippen LogP contribution in [0.2, 0.25) is 0 Å². The normalized spacial score (nSPS) is 31.0. The lowest BCUT2D eigenvalue weighted by atomic mass is 9.82. The maximum Gasteiger partial charge on any atom is 0.271 e. The Hall–Kier alpha value is -1.36. The molecule has 0 radical (unpaired) electrons. The van der Waals surface area contributed by atoms with Crippen molar-refractivity contribution in [2.24, 2.45) is 11.8 Å². The number of hydrogen-bond donors (Lipinski definition) is 2. The zero-order valence-corrected chi connectivity index (χ0v) is 12.9. The molecular formula is C16H25N3O2. The summed E-state index contributed by atoms with van der Waals surface area (Å²) >= 11 is 0. The Labute approximate surface area is 125 Å². The second-order valence-electron chi connectivity index (χ2n) is 6.96. The molecule has 2 aliphatic carbocycles. The molecule has 1 aromatic heterocycles. The third kappa shape index (κ3) is 2.84. The summed E-state index contributed by atoms with van der Waals surface area (Å²) in [5.41, 5.74) is -0.100. The lowest BCUT2D eigenvalue weighted by Gasteiger charge is -2.32. The van der Waals surface area contributed by atoms with E-state index in [1.54, 1.807) is 10.7 Å². The highest BCUT2D eigenvalue weighted by Gasteiger charge is 2.49. The molecule has 0 spiro atoms. The number of nitrogens with zero attached hydrogens (tertiary/aromatic N) is 2. The highest BCUT2D eigenvalue weighted by Crippen LogP contribution is 2.51. The van der Waals surface area contributed by atoms with Crippen LogP contribution >= 0.6 is 0 Å². The van der Waals surface area contributed by atoms with E-state index in [1.165, 1.54) is 12.8 Å². The van der Waals surface area contributed by atoms with Crippen molar-refractivity contribution in [3.63, 3.8) is 0 Å². The molecule has 0 aliphatic heterocycles. The minimum Gasteiger partial charge on any atom is -0.390 e. The van der Waals surface area contributed by atoms with Gasteiger partial charge in [-0.2, -0.15) is 5.10 Å². The zero-order valence-electron chi connectivity index (χ0n) is 12.9. The van der Waals surface area contributed by atoms with Gasteiger partial charge in [0.25, 0.3) is 5.91 Å². The lowest BCUT2D eigenvalue weighted by Crippen LogP contribution is -2.39. The predicted molar refractivity (Wildman–Crippen MR) is 80.0 cm³/mol. The van der Waals surface area contributed by atoms with Gasteiger partial charge >= 0.3 is 0 Å². The van der Waals surface area contributed by atoms with Crippen LogP contribution in [0.25, 0.3) is 0 Å². The summed E-state index contributed by atoms with van der Waals surface area (Å²) in [6, 6.07) is 1.99. The molecule has 1 aromatic rings. The van der Waals surface area contributed by atoms with Gasteiger partial charge in [-0.05, 0) is 63.9 Å². The Balaban J connectivity index is 1.50. The van der Waals surface area contributed by atoms with Crippen LogP contribution in [0.3, 0.4) is 0 Å². The molecule has 3 atom stereocenters. The van der Waals surface area contributed by atoms with E-state index < -0.39 is 5.60 Å². The van der Waals surface area contributed by atoms with E-state index in [9.17, 15) is 9.90 Å². The van der Waals surface area contributed by atoms with E-state index in [4.69, 9.17) is 0 Å². The Morgan fingerprint density at radius 2 is 2.38 bits per heavy atom. The Morgan fingerprint density at radius 1 is 1.57 bits per heavy atom. The zero-order chi connectivity index (χ0) is 15.0. The number of fused-ring (bicyclic) bond motifs is 2. The topological polar surface area (TPSA) is 67.2 Å². The number of aliphatic hydroxyl groups is 1. The van der Waals surface area contributed by atoms with Crippen molar-refractivity contribution >= 4 is 5.91 Å². The fourth-order valence-corrected chi connectivity index (χ4v) is 3.95. The molecule has 2 bridgehead atoms. The summed E-state index contributed by atoms with van der Waals surface area (Å²) in [6.07, 6.45) is 6.98. The van der Waals surface area contributed by atoms with Crippen LogP contribution < -0.4 is 5.32 Å². The van der Waals surface area contributed by atoms with Crippen LogP contribution in [0.1, 0.15) is 62.5 Å². The molecule has 2 fully saturated rings. The number of aromatic nitrogens is 2. The molecule has 2 N–H and O–H groups in total. The number of hydrogen-bond acceptors (Lipinski definition) is 3. The minimum absolute atomic E-state index is 0.152. The molecule has 21 heavy (non-hydrogen) atoms. The van der Waals surface area contributed by atoms with Crippen LogP contribution in [0, 0.1) is 11.8 Å². The van der Waals surface area contributed by atoms with Crippen LogP contribution in [-0.4, -0.2) is 32.9 Å². The molecule has 0 saturated heterocycles. The van der Waals surface area contributed by atoms with Crippen LogP contribution in [-0.2, 0) is 0 Å². The third-order valence-electron chi connectivity index (χ3n) is 5.16. The van der Waals surface area contributed by atoms with Gasteiger partial charge in [-0.25, -0.2) is 0 Å². The molecule has 5 nitrogen and oxygen atoms in total. The summed E-state index contributed by atoms with van der Waals surface area (Å²) in [7, 11) is 0. The van der Waals surface area contributed by atoms with Crippen molar-refractivity contribution in [2.45, 2.75) is 57.6 Å². The van der Waals surface area contributed by atoms with Crippen molar-refractivity contribution < 1.29 is 9.90 Å². The van der Waals surface area contributed by atoms with Gasteiger partial charge in [-0.3, -0.25) is 9.48 Å². The third-order valence-corrected chi connectivity index (χ3v) is 5.16. The number of rotatable bonds is 5. The summed E-state index contributed by atoms with van der Waals surface area (Å²) in [5, 5.41) is 17.8. The van der Waals surface area contributed by atoms with Crippen LogP contribution in [0.5, 0.6) is 0 Å². The molecule has 116 valence electrons. The summed E-state index contributed by atoms with van der Waals surface area (Å²) < 4.78 is 1.78.